The molecule has 0 amide bonds. The summed E-state index contributed by atoms with van der Waals surface area (Å²) in [6.45, 7) is 3.72. The topological polar surface area (TPSA) is 56.0 Å². The summed E-state index contributed by atoms with van der Waals surface area (Å²) in [4.78, 5) is 14.4. The highest BCUT2D eigenvalue weighted by Crippen LogP contribution is 2.18. The number of nitro groups is 1. The Labute approximate surface area is 99.8 Å². The molecule has 4 nitrogen and oxygen atoms in total. The zero-order valence-corrected chi connectivity index (χ0v) is 10.2. The normalized spacial score (nSPS) is 12.4. The highest BCUT2D eigenvalue weighted by atomic mass is 35.5. The highest BCUT2D eigenvalue weighted by molar-refractivity contribution is 6.20. The fourth-order valence-corrected chi connectivity index (χ4v) is 1.93. The van der Waals surface area contributed by atoms with Gasteiger partial charge >= 0.3 is 0 Å². The van der Waals surface area contributed by atoms with E-state index in [2.05, 4.69) is 11.9 Å². The fourth-order valence-electron chi connectivity index (χ4n) is 1.55. The van der Waals surface area contributed by atoms with Crippen LogP contribution < -0.4 is 0 Å². The molecule has 0 spiro atoms. The maximum absolute atomic E-state index is 10.6. The molecule has 0 saturated carbocycles. The van der Waals surface area contributed by atoms with Crippen molar-refractivity contribution >= 4 is 17.3 Å². The number of alkyl halides is 1. The lowest BCUT2D eigenvalue weighted by atomic mass is 10.1. The molecule has 1 heterocycles. The number of halogens is 1. The number of aryl methyl sites for hydroxylation is 1. The molecule has 1 unspecified atom stereocenters. The Kier molecular flexibility index (Phi) is 4.68. The van der Waals surface area contributed by atoms with Crippen molar-refractivity contribution in [3.63, 3.8) is 0 Å². The largest absolute Gasteiger partial charge is 0.290 e. The summed E-state index contributed by atoms with van der Waals surface area (Å²) in [5.41, 5.74) is 1.32. The van der Waals surface area contributed by atoms with Crippen LogP contribution in [0.1, 0.15) is 31.2 Å². The fraction of sp³-hybridized carbons (Fsp3) is 0.545. The molecule has 0 aliphatic rings. The Bertz CT molecular complexity index is 382. The lowest BCUT2D eigenvalue weighted by Gasteiger charge is -2.07. The van der Waals surface area contributed by atoms with Gasteiger partial charge in [-0.3, -0.25) is 15.1 Å². The van der Waals surface area contributed by atoms with Crippen LogP contribution in [0.3, 0.4) is 0 Å². The molecule has 5 heteroatoms. The van der Waals surface area contributed by atoms with Crippen LogP contribution in [-0.4, -0.2) is 15.3 Å². The first-order valence-electron chi connectivity index (χ1n) is 5.29. The number of hydrogen-bond donors (Lipinski definition) is 0. The lowest BCUT2D eigenvalue weighted by molar-refractivity contribution is -0.385. The van der Waals surface area contributed by atoms with E-state index in [4.69, 9.17) is 11.6 Å². The molecule has 0 N–H and O–H groups in total. The van der Waals surface area contributed by atoms with Crippen LogP contribution >= 0.6 is 11.6 Å². The molecule has 1 aromatic rings. The van der Waals surface area contributed by atoms with E-state index < -0.39 is 4.92 Å². The molecular formula is C11H15ClN2O2. The Morgan fingerprint density at radius 1 is 1.56 bits per heavy atom. The Balaban J connectivity index is 2.77. The Morgan fingerprint density at radius 2 is 2.25 bits per heavy atom. The first-order chi connectivity index (χ1) is 7.54. The molecule has 0 radical (unpaired) electrons. The van der Waals surface area contributed by atoms with Gasteiger partial charge in [-0.2, -0.15) is 0 Å². The average Bonchev–Trinajstić information content (AvgIpc) is 2.17. The van der Waals surface area contributed by atoms with Crippen LogP contribution in [0.2, 0.25) is 0 Å². The van der Waals surface area contributed by atoms with Crippen LogP contribution in [0.25, 0.3) is 0 Å². The third kappa shape index (κ3) is 3.45. The quantitative estimate of drug-likeness (QED) is 0.452. The predicted octanol–water partition coefficient (Wildman–Crippen LogP) is 3.25. The van der Waals surface area contributed by atoms with Gasteiger partial charge in [0.05, 0.1) is 4.92 Å². The van der Waals surface area contributed by atoms with E-state index in [1.165, 1.54) is 6.07 Å². The van der Waals surface area contributed by atoms with Gasteiger partial charge in [0.25, 0.3) is 5.69 Å². The Hall–Kier alpha value is -1.16. The lowest BCUT2D eigenvalue weighted by Crippen LogP contribution is -2.06. The van der Waals surface area contributed by atoms with Crippen LogP contribution in [-0.2, 0) is 6.42 Å². The van der Waals surface area contributed by atoms with E-state index in [0.717, 1.165) is 18.5 Å². The maximum Gasteiger partial charge on any atom is 0.290 e. The summed E-state index contributed by atoms with van der Waals surface area (Å²) in [7, 11) is 0. The summed E-state index contributed by atoms with van der Waals surface area (Å²) >= 11 is 6.10. The van der Waals surface area contributed by atoms with Gasteiger partial charge in [-0.15, -0.1) is 11.6 Å². The first-order valence-corrected chi connectivity index (χ1v) is 5.73. The van der Waals surface area contributed by atoms with Crippen molar-refractivity contribution in [2.24, 2.45) is 0 Å². The molecular weight excluding hydrogens is 228 g/mol. The molecule has 0 aromatic carbocycles. The molecule has 0 aliphatic carbocycles. The SMILES string of the molecule is CCCC(Cl)Cc1ccc([N+](=O)[O-])c(C)n1. The summed E-state index contributed by atoms with van der Waals surface area (Å²) in [5, 5.41) is 10.7. The van der Waals surface area contributed by atoms with Crippen LogP contribution in [0.5, 0.6) is 0 Å². The van der Waals surface area contributed by atoms with Crippen LogP contribution in [0.4, 0.5) is 5.69 Å². The third-order valence-corrected chi connectivity index (χ3v) is 2.72. The number of rotatable bonds is 5. The van der Waals surface area contributed by atoms with E-state index >= 15 is 0 Å². The number of aromatic nitrogens is 1. The van der Waals surface area contributed by atoms with Gasteiger partial charge in [-0.05, 0) is 19.4 Å². The van der Waals surface area contributed by atoms with Crippen molar-refractivity contribution in [2.45, 2.75) is 38.5 Å². The van der Waals surface area contributed by atoms with E-state index in [9.17, 15) is 10.1 Å². The summed E-state index contributed by atoms with van der Waals surface area (Å²) in [6.07, 6.45) is 2.62. The van der Waals surface area contributed by atoms with Gasteiger partial charge in [0.1, 0.15) is 5.69 Å². The number of hydrogen-bond acceptors (Lipinski definition) is 3. The number of nitrogens with zero attached hydrogens (tertiary/aromatic N) is 2. The van der Waals surface area contributed by atoms with Crippen molar-refractivity contribution in [3.8, 4) is 0 Å². The molecule has 1 rings (SSSR count). The monoisotopic (exact) mass is 242 g/mol. The second-order valence-corrected chi connectivity index (χ2v) is 4.37. The van der Waals surface area contributed by atoms with E-state index in [1.807, 2.05) is 0 Å². The molecule has 0 fully saturated rings. The molecule has 0 aliphatic heterocycles. The second kappa shape index (κ2) is 5.80. The summed E-state index contributed by atoms with van der Waals surface area (Å²) in [5.74, 6) is 0. The van der Waals surface area contributed by atoms with Crippen molar-refractivity contribution in [2.75, 3.05) is 0 Å². The smallest absolute Gasteiger partial charge is 0.258 e. The van der Waals surface area contributed by atoms with Gasteiger partial charge in [0.2, 0.25) is 0 Å². The second-order valence-electron chi connectivity index (χ2n) is 3.75. The van der Waals surface area contributed by atoms with Crippen molar-refractivity contribution in [3.05, 3.63) is 33.6 Å². The zero-order valence-electron chi connectivity index (χ0n) is 9.44. The number of pyridine rings is 1. The van der Waals surface area contributed by atoms with Gasteiger partial charge in [-0.1, -0.05) is 13.3 Å². The molecule has 88 valence electrons. The van der Waals surface area contributed by atoms with E-state index in [0.29, 0.717) is 12.1 Å². The molecule has 0 bridgehead atoms. The minimum Gasteiger partial charge on any atom is -0.258 e. The van der Waals surface area contributed by atoms with Crippen molar-refractivity contribution in [1.29, 1.82) is 0 Å². The van der Waals surface area contributed by atoms with Crippen LogP contribution in [0.15, 0.2) is 12.1 Å². The van der Waals surface area contributed by atoms with Crippen molar-refractivity contribution < 1.29 is 4.92 Å². The van der Waals surface area contributed by atoms with E-state index in [1.54, 1.807) is 13.0 Å². The first kappa shape index (κ1) is 12.9. The van der Waals surface area contributed by atoms with Gasteiger partial charge in [0.15, 0.2) is 0 Å². The molecule has 16 heavy (non-hydrogen) atoms. The van der Waals surface area contributed by atoms with Gasteiger partial charge in [0, 0.05) is 23.6 Å². The minimum absolute atomic E-state index is 0.0540. The highest BCUT2D eigenvalue weighted by Gasteiger charge is 2.13. The van der Waals surface area contributed by atoms with Gasteiger partial charge in [-0.25, -0.2) is 0 Å². The van der Waals surface area contributed by atoms with Crippen molar-refractivity contribution in [1.82, 2.24) is 4.98 Å². The zero-order chi connectivity index (χ0) is 12.1. The molecule has 0 saturated heterocycles. The third-order valence-electron chi connectivity index (χ3n) is 2.34. The average molecular weight is 243 g/mol. The Morgan fingerprint density at radius 3 is 2.75 bits per heavy atom. The molecule has 1 atom stereocenters. The van der Waals surface area contributed by atoms with Crippen LogP contribution in [0, 0.1) is 17.0 Å². The summed E-state index contributed by atoms with van der Waals surface area (Å²) in [6, 6.07) is 3.17. The maximum atomic E-state index is 10.6. The minimum atomic E-state index is -0.420. The van der Waals surface area contributed by atoms with E-state index in [-0.39, 0.29) is 11.1 Å². The summed E-state index contributed by atoms with van der Waals surface area (Å²) < 4.78 is 0. The standard InChI is InChI=1S/C11H15ClN2O2/c1-3-4-9(12)7-10-5-6-11(14(15)16)8(2)13-10/h5-6,9H,3-4,7H2,1-2H3. The predicted molar refractivity (Wildman–Crippen MR) is 63.9 cm³/mol. The molecule has 1 aromatic heterocycles. The van der Waals surface area contributed by atoms with Gasteiger partial charge < -0.3 is 0 Å².